The Labute approximate surface area is 208 Å². The van der Waals surface area contributed by atoms with Gasteiger partial charge in [-0.25, -0.2) is 0 Å². The van der Waals surface area contributed by atoms with E-state index in [0.29, 0.717) is 34.4 Å². The van der Waals surface area contributed by atoms with E-state index >= 15 is 0 Å². The predicted octanol–water partition coefficient (Wildman–Crippen LogP) is 6.91. The van der Waals surface area contributed by atoms with E-state index in [2.05, 4.69) is 112 Å². The predicted molar refractivity (Wildman–Crippen MR) is 145 cm³/mol. The molecule has 0 N–H and O–H groups in total. The first-order valence-corrected chi connectivity index (χ1v) is 13.9. The highest BCUT2D eigenvalue weighted by molar-refractivity contribution is 5.19. The van der Waals surface area contributed by atoms with E-state index in [1.54, 1.807) is 0 Å². The second-order valence-electron chi connectivity index (χ2n) is 16.4. The lowest BCUT2D eigenvalue weighted by Crippen LogP contribution is -2.53. The van der Waals surface area contributed by atoms with Crippen LogP contribution >= 0.6 is 0 Å². The Hall–Kier alpha value is -0.120. The third kappa shape index (κ3) is 5.51. The zero-order valence-corrected chi connectivity index (χ0v) is 25.0. The van der Waals surface area contributed by atoms with E-state index < -0.39 is 0 Å². The summed E-state index contributed by atoms with van der Waals surface area (Å²) in [6.45, 7) is 34.4. The standard InChI is InChI=1S/C30H59N3/c1-21-22(17-23(26(2,3)4)32(21)27(5,6)7)20-31(14)16-15-29(11,12)24-18-30(13)19-25(30)33(24)28(8,9)10/h21-25H,15-20H2,1-14H3/t21-,22-,23?,24?,25?,30+/m1/s1. The average Bonchev–Trinajstić information content (AvgIpc) is 2.96. The van der Waals surface area contributed by atoms with Gasteiger partial charge < -0.3 is 4.90 Å². The van der Waals surface area contributed by atoms with E-state index in [4.69, 9.17) is 0 Å². The van der Waals surface area contributed by atoms with Crippen molar-refractivity contribution >= 4 is 0 Å². The molecule has 33 heavy (non-hydrogen) atoms. The van der Waals surface area contributed by atoms with Crippen molar-refractivity contribution in [2.75, 3.05) is 20.1 Å². The average molecular weight is 462 g/mol. The normalized spacial score (nSPS) is 36.6. The van der Waals surface area contributed by atoms with Crippen molar-refractivity contribution in [1.29, 1.82) is 0 Å². The van der Waals surface area contributed by atoms with Crippen molar-refractivity contribution in [3.05, 3.63) is 0 Å². The molecule has 3 fully saturated rings. The highest BCUT2D eigenvalue weighted by Gasteiger charge is 2.65. The lowest BCUT2D eigenvalue weighted by Gasteiger charge is -2.47. The second-order valence-corrected chi connectivity index (χ2v) is 16.4. The fraction of sp³-hybridized carbons (Fsp3) is 1.00. The van der Waals surface area contributed by atoms with E-state index in [0.717, 1.165) is 12.0 Å². The summed E-state index contributed by atoms with van der Waals surface area (Å²) in [4.78, 5) is 8.40. The van der Waals surface area contributed by atoms with Gasteiger partial charge in [0, 0.05) is 41.8 Å². The van der Waals surface area contributed by atoms with Gasteiger partial charge in [0.1, 0.15) is 0 Å². The number of fused-ring (bicyclic) bond motifs is 1. The molecule has 3 aliphatic rings. The smallest absolute Gasteiger partial charge is 0.0164 e. The topological polar surface area (TPSA) is 9.72 Å². The van der Waals surface area contributed by atoms with E-state index in [1.807, 2.05) is 0 Å². The summed E-state index contributed by atoms with van der Waals surface area (Å²) in [5.41, 5.74) is 1.75. The van der Waals surface area contributed by atoms with Gasteiger partial charge in [-0.3, -0.25) is 9.80 Å². The van der Waals surface area contributed by atoms with Gasteiger partial charge >= 0.3 is 0 Å². The number of hydrogen-bond donors (Lipinski definition) is 0. The molecule has 0 spiro atoms. The molecule has 194 valence electrons. The highest BCUT2D eigenvalue weighted by atomic mass is 15.3. The lowest BCUT2D eigenvalue weighted by atomic mass is 9.76. The number of nitrogens with zero attached hydrogens (tertiary/aromatic N) is 3. The van der Waals surface area contributed by atoms with Crippen LogP contribution in [0.2, 0.25) is 0 Å². The first-order chi connectivity index (χ1) is 14.7. The van der Waals surface area contributed by atoms with Gasteiger partial charge in [0.05, 0.1) is 0 Å². The molecule has 3 heteroatoms. The lowest BCUT2D eigenvalue weighted by molar-refractivity contribution is 0.0184. The summed E-state index contributed by atoms with van der Waals surface area (Å²) < 4.78 is 0. The molecule has 6 atom stereocenters. The van der Waals surface area contributed by atoms with Gasteiger partial charge in [-0.15, -0.1) is 0 Å². The number of hydrogen-bond acceptors (Lipinski definition) is 3. The summed E-state index contributed by atoms with van der Waals surface area (Å²) in [5.74, 6) is 0.755. The SMILES string of the molecule is C[C@@H]1[C@@H](CN(C)CCC(C)(C)C2C[C@@]3(C)CC3N2C(C)(C)C)CC(C(C)(C)C)N1C(C)(C)C. The maximum Gasteiger partial charge on any atom is 0.0164 e. The van der Waals surface area contributed by atoms with E-state index in [1.165, 1.54) is 38.8 Å². The van der Waals surface area contributed by atoms with Crippen molar-refractivity contribution in [3.8, 4) is 0 Å². The van der Waals surface area contributed by atoms with Crippen LogP contribution in [0.1, 0.15) is 116 Å². The fourth-order valence-electron chi connectivity index (χ4n) is 7.70. The Morgan fingerprint density at radius 2 is 1.36 bits per heavy atom. The summed E-state index contributed by atoms with van der Waals surface area (Å²) in [5, 5.41) is 0. The molecule has 0 aromatic rings. The fourth-order valence-corrected chi connectivity index (χ4v) is 7.70. The minimum Gasteiger partial charge on any atom is -0.306 e. The van der Waals surface area contributed by atoms with Gasteiger partial charge in [0.2, 0.25) is 0 Å². The molecule has 0 bridgehead atoms. The molecular formula is C30H59N3. The van der Waals surface area contributed by atoms with Gasteiger partial charge in [0.25, 0.3) is 0 Å². The monoisotopic (exact) mass is 461 g/mol. The Balaban J connectivity index is 1.62. The minimum atomic E-state index is 0.225. The van der Waals surface area contributed by atoms with Crippen LogP contribution in [0.4, 0.5) is 0 Å². The summed E-state index contributed by atoms with van der Waals surface area (Å²) in [7, 11) is 2.38. The summed E-state index contributed by atoms with van der Waals surface area (Å²) in [6, 6.07) is 2.83. The van der Waals surface area contributed by atoms with Crippen LogP contribution < -0.4 is 0 Å². The van der Waals surface area contributed by atoms with Crippen molar-refractivity contribution in [3.63, 3.8) is 0 Å². The Morgan fingerprint density at radius 1 is 0.818 bits per heavy atom. The molecular weight excluding hydrogens is 402 g/mol. The van der Waals surface area contributed by atoms with E-state index in [-0.39, 0.29) is 11.1 Å². The Kier molecular flexibility index (Phi) is 7.06. The van der Waals surface area contributed by atoms with Crippen LogP contribution in [0.25, 0.3) is 0 Å². The van der Waals surface area contributed by atoms with Gasteiger partial charge in [-0.1, -0.05) is 41.5 Å². The van der Waals surface area contributed by atoms with Crippen molar-refractivity contribution in [2.24, 2.45) is 22.2 Å². The number of likely N-dealkylation sites (tertiary alicyclic amines) is 2. The largest absolute Gasteiger partial charge is 0.306 e. The van der Waals surface area contributed by atoms with Gasteiger partial charge in [-0.05, 0) is 110 Å². The van der Waals surface area contributed by atoms with Crippen LogP contribution in [0.5, 0.6) is 0 Å². The van der Waals surface area contributed by atoms with Crippen molar-refractivity contribution in [2.45, 2.75) is 151 Å². The molecule has 2 aliphatic heterocycles. The highest BCUT2D eigenvalue weighted by Crippen LogP contribution is 2.63. The zero-order chi connectivity index (χ0) is 25.4. The molecule has 0 aromatic heterocycles. The second kappa shape index (κ2) is 8.48. The summed E-state index contributed by atoms with van der Waals surface area (Å²) in [6.07, 6.45) is 5.42. The van der Waals surface area contributed by atoms with Crippen molar-refractivity contribution in [1.82, 2.24) is 14.7 Å². The first-order valence-electron chi connectivity index (χ1n) is 13.9. The molecule has 3 nitrogen and oxygen atoms in total. The van der Waals surface area contributed by atoms with Crippen molar-refractivity contribution < 1.29 is 0 Å². The molecule has 0 amide bonds. The third-order valence-electron chi connectivity index (χ3n) is 9.75. The molecule has 1 aliphatic carbocycles. The van der Waals surface area contributed by atoms with Crippen LogP contribution in [-0.2, 0) is 0 Å². The van der Waals surface area contributed by atoms with Crippen LogP contribution in [0.15, 0.2) is 0 Å². The van der Waals surface area contributed by atoms with Crippen LogP contribution in [0, 0.1) is 22.2 Å². The number of rotatable bonds is 6. The van der Waals surface area contributed by atoms with E-state index in [9.17, 15) is 0 Å². The molecule has 2 heterocycles. The first kappa shape index (κ1) is 27.5. The summed E-state index contributed by atoms with van der Waals surface area (Å²) >= 11 is 0. The van der Waals surface area contributed by atoms with Gasteiger partial charge in [-0.2, -0.15) is 0 Å². The number of piperidine rings is 1. The molecule has 3 rings (SSSR count). The molecule has 3 unspecified atom stereocenters. The van der Waals surface area contributed by atoms with Crippen LogP contribution in [-0.4, -0.2) is 70.1 Å². The maximum atomic E-state index is 2.90. The zero-order valence-electron chi connectivity index (χ0n) is 25.0. The molecule has 0 aromatic carbocycles. The molecule has 2 saturated heterocycles. The van der Waals surface area contributed by atoms with Gasteiger partial charge in [0.15, 0.2) is 0 Å². The third-order valence-corrected chi connectivity index (χ3v) is 9.75. The molecule has 1 saturated carbocycles. The minimum absolute atomic E-state index is 0.225. The Bertz CT molecular complexity index is 691. The quantitative estimate of drug-likeness (QED) is 0.425. The Morgan fingerprint density at radius 3 is 1.82 bits per heavy atom. The molecule has 0 radical (unpaired) electrons. The maximum absolute atomic E-state index is 2.90. The van der Waals surface area contributed by atoms with Crippen LogP contribution in [0.3, 0.4) is 0 Å².